The molecule has 1 rings (SSSR count). The van der Waals surface area contributed by atoms with Crippen molar-refractivity contribution in [3.8, 4) is 0 Å². The van der Waals surface area contributed by atoms with E-state index >= 15 is 0 Å². The Hall–Kier alpha value is -0.470. The van der Waals surface area contributed by atoms with E-state index in [0.717, 1.165) is 17.9 Å². The Morgan fingerprint density at radius 3 is 2.30 bits per heavy atom. The predicted octanol–water partition coefficient (Wildman–Crippen LogP) is 1.72. The molecule has 0 bridgehead atoms. The molecule has 2 nitrogen and oxygen atoms in total. The minimum Gasteiger partial charge on any atom is -0.465 e. The molecule has 0 unspecified atom stereocenters. The molecule has 0 atom stereocenters. The van der Waals surface area contributed by atoms with Crippen molar-refractivity contribution in [3.05, 3.63) is 23.7 Å². The third-order valence-electron chi connectivity index (χ3n) is 1.27. The van der Waals surface area contributed by atoms with Crippen LogP contribution in [-0.4, -0.2) is 0 Å². The first-order chi connectivity index (χ1) is 4.36. The summed E-state index contributed by atoms with van der Waals surface area (Å²) >= 11 is 0. The van der Waals surface area contributed by atoms with Gasteiger partial charge in [0.15, 0.2) is 0 Å². The van der Waals surface area contributed by atoms with E-state index in [9.17, 15) is 0 Å². The molecule has 2 N–H and O–H groups in total. The van der Waals surface area contributed by atoms with E-state index in [0.29, 0.717) is 6.54 Å². The van der Waals surface area contributed by atoms with Crippen molar-refractivity contribution >= 4 is 12.4 Å². The van der Waals surface area contributed by atoms with Gasteiger partial charge < -0.3 is 10.2 Å². The molecule has 0 amide bonds. The molecule has 0 aliphatic heterocycles. The van der Waals surface area contributed by atoms with Crippen molar-refractivity contribution in [1.82, 2.24) is 0 Å². The lowest BCUT2D eigenvalue weighted by Gasteiger charge is -1.86. The highest BCUT2D eigenvalue weighted by Crippen LogP contribution is 2.06. The van der Waals surface area contributed by atoms with Crippen LogP contribution in [-0.2, 0) is 13.0 Å². The maximum absolute atomic E-state index is 5.32. The van der Waals surface area contributed by atoms with Crippen molar-refractivity contribution < 1.29 is 4.42 Å². The molecule has 10 heavy (non-hydrogen) atoms. The van der Waals surface area contributed by atoms with Gasteiger partial charge in [-0.05, 0) is 12.1 Å². The SMILES string of the molecule is CCc1ccc(CN)o1.Cl. The molecule has 0 radical (unpaired) electrons. The highest BCUT2D eigenvalue weighted by molar-refractivity contribution is 5.85. The molecule has 1 aromatic rings. The van der Waals surface area contributed by atoms with Gasteiger partial charge in [-0.25, -0.2) is 0 Å². The average molecular weight is 162 g/mol. The molecule has 0 saturated heterocycles. The fraction of sp³-hybridized carbons (Fsp3) is 0.429. The van der Waals surface area contributed by atoms with E-state index < -0.39 is 0 Å². The van der Waals surface area contributed by atoms with Gasteiger partial charge in [0, 0.05) is 6.42 Å². The Labute approximate surface area is 66.8 Å². The van der Waals surface area contributed by atoms with Crippen LogP contribution in [0.4, 0.5) is 0 Å². The second-order valence-corrected chi connectivity index (χ2v) is 1.93. The Balaban J connectivity index is 0.000000810. The van der Waals surface area contributed by atoms with Crippen LogP contribution < -0.4 is 5.73 Å². The molecule has 1 aromatic heterocycles. The van der Waals surface area contributed by atoms with Crippen LogP contribution in [0.3, 0.4) is 0 Å². The fourth-order valence-corrected chi connectivity index (χ4v) is 0.722. The maximum Gasteiger partial charge on any atom is 0.117 e. The lowest BCUT2D eigenvalue weighted by molar-refractivity contribution is 0.471. The summed E-state index contributed by atoms with van der Waals surface area (Å²) in [7, 11) is 0. The highest BCUT2D eigenvalue weighted by atomic mass is 35.5. The van der Waals surface area contributed by atoms with Crippen LogP contribution in [0.15, 0.2) is 16.5 Å². The van der Waals surface area contributed by atoms with Crippen LogP contribution in [0, 0.1) is 0 Å². The van der Waals surface area contributed by atoms with Gasteiger partial charge >= 0.3 is 0 Å². The summed E-state index contributed by atoms with van der Waals surface area (Å²) in [5.74, 6) is 1.88. The average Bonchev–Trinajstić information content (AvgIpc) is 2.34. The number of hydrogen-bond acceptors (Lipinski definition) is 2. The van der Waals surface area contributed by atoms with Gasteiger partial charge in [-0.3, -0.25) is 0 Å². The van der Waals surface area contributed by atoms with Gasteiger partial charge in [-0.2, -0.15) is 0 Å². The lowest BCUT2D eigenvalue weighted by Crippen LogP contribution is -1.92. The topological polar surface area (TPSA) is 39.2 Å². The molecule has 0 aliphatic rings. The zero-order valence-electron chi connectivity index (χ0n) is 5.96. The quantitative estimate of drug-likeness (QED) is 0.718. The largest absolute Gasteiger partial charge is 0.465 e. The van der Waals surface area contributed by atoms with E-state index in [2.05, 4.69) is 6.92 Å². The van der Waals surface area contributed by atoms with Crippen molar-refractivity contribution in [2.24, 2.45) is 5.73 Å². The molecule has 0 aliphatic carbocycles. The van der Waals surface area contributed by atoms with E-state index in [1.165, 1.54) is 0 Å². The summed E-state index contributed by atoms with van der Waals surface area (Å²) in [6, 6.07) is 3.88. The van der Waals surface area contributed by atoms with Crippen LogP contribution in [0.1, 0.15) is 18.4 Å². The van der Waals surface area contributed by atoms with Gasteiger partial charge in [-0.1, -0.05) is 6.92 Å². The number of furan rings is 1. The van der Waals surface area contributed by atoms with E-state index in [1.54, 1.807) is 0 Å². The molecule has 1 heterocycles. The number of rotatable bonds is 2. The van der Waals surface area contributed by atoms with Gasteiger partial charge in [0.2, 0.25) is 0 Å². The molecule has 0 aromatic carbocycles. The summed E-state index contributed by atoms with van der Waals surface area (Å²) < 4.78 is 5.26. The minimum atomic E-state index is 0. The molecular weight excluding hydrogens is 150 g/mol. The maximum atomic E-state index is 5.32. The van der Waals surface area contributed by atoms with Crippen LogP contribution in [0.2, 0.25) is 0 Å². The van der Waals surface area contributed by atoms with Gasteiger partial charge in [0.05, 0.1) is 6.54 Å². The van der Waals surface area contributed by atoms with E-state index in [1.807, 2.05) is 12.1 Å². The summed E-state index contributed by atoms with van der Waals surface area (Å²) in [6.07, 6.45) is 0.944. The van der Waals surface area contributed by atoms with Crippen LogP contribution in [0.5, 0.6) is 0 Å². The summed E-state index contributed by atoms with van der Waals surface area (Å²) in [4.78, 5) is 0. The normalized spacial score (nSPS) is 9.00. The Kier molecular flexibility index (Phi) is 4.16. The predicted molar refractivity (Wildman–Crippen MR) is 43.2 cm³/mol. The smallest absolute Gasteiger partial charge is 0.117 e. The minimum absolute atomic E-state index is 0. The van der Waals surface area contributed by atoms with Crippen molar-refractivity contribution in [1.29, 1.82) is 0 Å². The highest BCUT2D eigenvalue weighted by Gasteiger charge is 1.95. The Bertz CT molecular complexity index is 167. The number of aryl methyl sites for hydroxylation is 1. The third-order valence-corrected chi connectivity index (χ3v) is 1.27. The summed E-state index contributed by atoms with van der Waals surface area (Å²) in [5, 5.41) is 0. The third kappa shape index (κ3) is 2.05. The molecule has 3 heteroatoms. The van der Waals surface area contributed by atoms with E-state index in [4.69, 9.17) is 10.2 Å². The fourth-order valence-electron chi connectivity index (χ4n) is 0.722. The van der Waals surface area contributed by atoms with Crippen molar-refractivity contribution in [3.63, 3.8) is 0 Å². The number of hydrogen-bond donors (Lipinski definition) is 1. The van der Waals surface area contributed by atoms with Gasteiger partial charge in [0.1, 0.15) is 11.5 Å². The molecule has 0 spiro atoms. The van der Waals surface area contributed by atoms with Crippen molar-refractivity contribution in [2.45, 2.75) is 19.9 Å². The molecule has 0 saturated carbocycles. The zero-order chi connectivity index (χ0) is 6.69. The second kappa shape index (κ2) is 4.36. The summed E-state index contributed by atoms with van der Waals surface area (Å²) in [5.41, 5.74) is 5.32. The first kappa shape index (κ1) is 9.53. The Morgan fingerprint density at radius 1 is 1.40 bits per heavy atom. The zero-order valence-corrected chi connectivity index (χ0v) is 6.78. The number of halogens is 1. The monoisotopic (exact) mass is 161 g/mol. The molecular formula is C7H12ClNO. The van der Waals surface area contributed by atoms with Gasteiger partial charge in [0.25, 0.3) is 0 Å². The molecule has 0 fully saturated rings. The van der Waals surface area contributed by atoms with Crippen molar-refractivity contribution in [2.75, 3.05) is 0 Å². The Morgan fingerprint density at radius 2 is 2.00 bits per heavy atom. The van der Waals surface area contributed by atoms with E-state index in [-0.39, 0.29) is 12.4 Å². The van der Waals surface area contributed by atoms with Gasteiger partial charge in [-0.15, -0.1) is 12.4 Å². The summed E-state index contributed by atoms with van der Waals surface area (Å²) in [6.45, 7) is 2.55. The van der Waals surface area contributed by atoms with Crippen LogP contribution >= 0.6 is 12.4 Å². The number of nitrogens with two attached hydrogens (primary N) is 1. The first-order valence-corrected chi connectivity index (χ1v) is 3.14. The van der Waals surface area contributed by atoms with Crippen LogP contribution in [0.25, 0.3) is 0 Å². The standard InChI is InChI=1S/C7H11NO.ClH/c1-2-6-3-4-7(5-8)9-6;/h3-4H,2,5,8H2,1H3;1H. The molecule has 58 valence electrons. The second-order valence-electron chi connectivity index (χ2n) is 1.93. The lowest BCUT2D eigenvalue weighted by atomic mass is 10.4. The first-order valence-electron chi connectivity index (χ1n) is 3.14.